The van der Waals surface area contributed by atoms with Gasteiger partial charge in [-0.2, -0.15) is 0 Å². The fraction of sp³-hybridized carbons (Fsp3) is 0.944. The van der Waals surface area contributed by atoms with Gasteiger partial charge >= 0.3 is 0 Å². The van der Waals surface area contributed by atoms with Crippen LogP contribution in [0.4, 0.5) is 0 Å². The Balaban J connectivity index is 1.86. The lowest BCUT2D eigenvalue weighted by Crippen LogP contribution is -2.56. The first-order valence-electron chi connectivity index (χ1n) is 8.60. The summed E-state index contributed by atoms with van der Waals surface area (Å²) >= 11 is 0. The minimum Gasteiger partial charge on any atom is -0.312 e. The van der Waals surface area contributed by atoms with E-state index in [1.807, 2.05) is 0 Å². The van der Waals surface area contributed by atoms with Crippen molar-refractivity contribution in [1.29, 1.82) is 0 Å². The smallest absolute Gasteiger partial charge is 0.111 e. The van der Waals surface area contributed by atoms with Gasteiger partial charge in [-0.25, -0.2) is 5.84 Å². The van der Waals surface area contributed by atoms with Gasteiger partial charge in [0.05, 0.1) is 5.54 Å². The molecule has 4 fully saturated rings. The van der Waals surface area contributed by atoms with Crippen molar-refractivity contribution < 1.29 is 0 Å². The molecule has 0 aromatic carbocycles. The maximum atomic E-state index is 5.79. The molecule has 0 spiro atoms. The molecule has 0 radical (unpaired) electrons. The number of nitrogens with one attached hydrogen (secondary N) is 1. The number of aliphatic imine (C=N–C) groups is 1. The van der Waals surface area contributed by atoms with Gasteiger partial charge < -0.3 is 5.43 Å². The highest BCUT2D eigenvalue weighted by Gasteiger charge is 2.60. The number of amidine groups is 1. The van der Waals surface area contributed by atoms with Crippen LogP contribution in [0.2, 0.25) is 0 Å². The van der Waals surface area contributed by atoms with Crippen LogP contribution in [0.3, 0.4) is 0 Å². The van der Waals surface area contributed by atoms with Crippen LogP contribution in [0.1, 0.15) is 79.6 Å². The predicted molar refractivity (Wildman–Crippen MR) is 89.0 cm³/mol. The van der Waals surface area contributed by atoms with Crippen LogP contribution in [-0.2, 0) is 0 Å². The van der Waals surface area contributed by atoms with Gasteiger partial charge in [0.2, 0.25) is 0 Å². The molecule has 0 amide bonds. The third kappa shape index (κ3) is 2.99. The van der Waals surface area contributed by atoms with Crippen LogP contribution in [0.5, 0.6) is 0 Å². The van der Waals surface area contributed by atoms with Gasteiger partial charge in [0, 0.05) is 6.42 Å². The molecule has 3 nitrogen and oxygen atoms in total. The molecule has 4 rings (SSSR count). The number of nitrogens with zero attached hydrogens (tertiary/aromatic N) is 1. The van der Waals surface area contributed by atoms with Crippen molar-refractivity contribution in [2.24, 2.45) is 33.0 Å². The van der Waals surface area contributed by atoms with E-state index in [-0.39, 0.29) is 5.54 Å². The second-order valence-electron chi connectivity index (χ2n) is 10.2. The van der Waals surface area contributed by atoms with Gasteiger partial charge in [-0.05, 0) is 81.5 Å². The zero-order valence-electron chi connectivity index (χ0n) is 14.6. The lowest BCUT2D eigenvalue weighted by Gasteiger charge is -2.65. The maximum Gasteiger partial charge on any atom is 0.111 e. The van der Waals surface area contributed by atoms with E-state index in [0.717, 1.165) is 18.2 Å². The Morgan fingerprint density at radius 1 is 1.10 bits per heavy atom. The number of rotatable bonds is 2. The summed E-state index contributed by atoms with van der Waals surface area (Å²) in [5.41, 5.74) is 4.42. The zero-order chi connectivity index (χ0) is 15.5. The van der Waals surface area contributed by atoms with Crippen molar-refractivity contribution in [3.63, 3.8) is 0 Å². The highest BCUT2D eigenvalue weighted by atomic mass is 15.3. The van der Waals surface area contributed by atoms with Gasteiger partial charge in [-0.15, -0.1) is 0 Å². The highest BCUT2D eigenvalue weighted by molar-refractivity contribution is 5.82. The monoisotopic (exact) mass is 291 g/mol. The van der Waals surface area contributed by atoms with Gasteiger partial charge in [-0.3, -0.25) is 4.99 Å². The van der Waals surface area contributed by atoms with E-state index in [9.17, 15) is 0 Å². The molecule has 3 heteroatoms. The summed E-state index contributed by atoms with van der Waals surface area (Å²) in [6.07, 6.45) is 9.51. The van der Waals surface area contributed by atoms with Gasteiger partial charge in [0.25, 0.3) is 0 Å². The Bertz CT molecular complexity index is 442. The highest BCUT2D eigenvalue weighted by Crippen LogP contribution is 2.70. The molecule has 3 N–H and O–H groups in total. The van der Waals surface area contributed by atoms with E-state index in [0.29, 0.717) is 16.2 Å². The molecule has 2 unspecified atom stereocenters. The molecule has 4 bridgehead atoms. The summed E-state index contributed by atoms with van der Waals surface area (Å²) in [5, 5.41) is 0. The lowest BCUT2D eigenvalue weighted by atomic mass is 9.40. The van der Waals surface area contributed by atoms with Crippen LogP contribution >= 0.6 is 0 Å². The average Bonchev–Trinajstić information content (AvgIpc) is 2.20. The van der Waals surface area contributed by atoms with Crippen LogP contribution in [0, 0.1) is 22.2 Å². The third-order valence-corrected chi connectivity index (χ3v) is 5.92. The van der Waals surface area contributed by atoms with E-state index in [1.54, 1.807) is 0 Å². The molecule has 21 heavy (non-hydrogen) atoms. The Hall–Kier alpha value is -0.570. The number of hydrogen-bond acceptors (Lipinski definition) is 2. The fourth-order valence-corrected chi connectivity index (χ4v) is 6.76. The van der Waals surface area contributed by atoms with E-state index in [2.05, 4.69) is 40.0 Å². The molecule has 2 atom stereocenters. The molecule has 0 aromatic heterocycles. The number of hydrogen-bond donors (Lipinski definition) is 2. The molecular formula is C18H33N3. The summed E-state index contributed by atoms with van der Waals surface area (Å²) in [6.45, 7) is 11.5. The Morgan fingerprint density at radius 2 is 1.67 bits per heavy atom. The first-order valence-corrected chi connectivity index (χ1v) is 8.60. The predicted octanol–water partition coefficient (Wildman–Crippen LogP) is 4.03. The standard InChI is InChI=1S/C18H33N3/c1-15(2,3)20-14(21-19)9-18-8-13-6-16(4,11-18)10-17(5,7-13)12-18/h13H,6-12,19H2,1-5H3,(H,20,21). The molecule has 0 aliphatic heterocycles. The van der Waals surface area contributed by atoms with Gasteiger partial charge in [0.15, 0.2) is 0 Å². The fourth-order valence-electron chi connectivity index (χ4n) is 6.76. The van der Waals surface area contributed by atoms with Crippen molar-refractivity contribution in [2.45, 2.75) is 85.1 Å². The Kier molecular flexibility index (Phi) is 3.26. The summed E-state index contributed by atoms with van der Waals surface area (Å²) in [4.78, 5) is 4.83. The molecule has 4 aliphatic rings. The minimum atomic E-state index is -0.0577. The molecule has 0 saturated heterocycles. The molecular weight excluding hydrogens is 258 g/mol. The van der Waals surface area contributed by atoms with Crippen LogP contribution in [-0.4, -0.2) is 11.4 Å². The topological polar surface area (TPSA) is 50.4 Å². The van der Waals surface area contributed by atoms with Crippen molar-refractivity contribution >= 4 is 5.84 Å². The first-order chi connectivity index (χ1) is 9.55. The van der Waals surface area contributed by atoms with E-state index in [1.165, 1.54) is 38.5 Å². The second-order valence-corrected chi connectivity index (χ2v) is 10.2. The first kappa shape index (κ1) is 15.3. The van der Waals surface area contributed by atoms with Crippen LogP contribution in [0.25, 0.3) is 0 Å². The maximum absolute atomic E-state index is 5.79. The third-order valence-electron chi connectivity index (χ3n) is 5.92. The van der Waals surface area contributed by atoms with Crippen molar-refractivity contribution in [1.82, 2.24) is 5.43 Å². The average molecular weight is 291 g/mol. The van der Waals surface area contributed by atoms with Crippen LogP contribution in [0.15, 0.2) is 4.99 Å². The summed E-state index contributed by atoms with van der Waals surface area (Å²) in [6, 6.07) is 0. The van der Waals surface area contributed by atoms with Crippen molar-refractivity contribution in [3.8, 4) is 0 Å². The number of hydrazine groups is 1. The Labute approximate surface area is 130 Å². The van der Waals surface area contributed by atoms with Gasteiger partial charge in [0.1, 0.15) is 5.84 Å². The largest absolute Gasteiger partial charge is 0.312 e. The quantitative estimate of drug-likeness (QED) is 0.349. The summed E-state index contributed by atoms with van der Waals surface area (Å²) in [7, 11) is 0. The normalized spacial score (nSPS) is 46.0. The number of nitrogens with two attached hydrogens (primary N) is 1. The van der Waals surface area contributed by atoms with Crippen LogP contribution < -0.4 is 11.3 Å². The van der Waals surface area contributed by atoms with E-state index >= 15 is 0 Å². The van der Waals surface area contributed by atoms with Crippen molar-refractivity contribution in [3.05, 3.63) is 0 Å². The molecule has 4 saturated carbocycles. The van der Waals surface area contributed by atoms with E-state index in [4.69, 9.17) is 10.8 Å². The molecule has 4 aliphatic carbocycles. The molecule has 0 aromatic rings. The minimum absolute atomic E-state index is 0.0577. The van der Waals surface area contributed by atoms with E-state index < -0.39 is 0 Å². The summed E-state index contributed by atoms with van der Waals surface area (Å²) in [5.74, 6) is 7.74. The Morgan fingerprint density at radius 3 is 2.10 bits per heavy atom. The molecule has 0 heterocycles. The second kappa shape index (κ2) is 4.47. The van der Waals surface area contributed by atoms with Crippen molar-refractivity contribution in [2.75, 3.05) is 0 Å². The van der Waals surface area contributed by atoms with Gasteiger partial charge in [-0.1, -0.05) is 13.8 Å². The SMILES string of the molecule is CC12CC3CC(C)(C1)CC(CC(=NC(C)(C)C)NN)(C3)C2. The lowest BCUT2D eigenvalue weighted by molar-refractivity contribution is -0.141. The molecule has 120 valence electrons. The summed E-state index contributed by atoms with van der Waals surface area (Å²) < 4.78 is 0. The zero-order valence-corrected chi connectivity index (χ0v) is 14.6.